The van der Waals surface area contributed by atoms with Crippen molar-refractivity contribution >= 4 is 5.91 Å². The van der Waals surface area contributed by atoms with Crippen molar-refractivity contribution in [1.29, 1.82) is 0 Å². The van der Waals surface area contributed by atoms with E-state index in [-0.39, 0.29) is 11.8 Å². The third kappa shape index (κ3) is 2.41. The van der Waals surface area contributed by atoms with E-state index >= 15 is 0 Å². The van der Waals surface area contributed by atoms with E-state index in [1.807, 2.05) is 20.0 Å². The minimum absolute atomic E-state index is 0.123. The van der Waals surface area contributed by atoms with Gasteiger partial charge in [0, 0.05) is 19.7 Å². The maximum atomic E-state index is 12.0. The summed E-state index contributed by atoms with van der Waals surface area (Å²) >= 11 is 0. The molecule has 2 heterocycles. The van der Waals surface area contributed by atoms with Gasteiger partial charge < -0.3 is 14.7 Å². The monoisotopic (exact) mass is 223 g/mol. The molecule has 1 fully saturated rings. The minimum atomic E-state index is 0.123. The van der Waals surface area contributed by atoms with Crippen LogP contribution in [0.3, 0.4) is 0 Å². The highest BCUT2D eigenvalue weighted by atomic mass is 16.5. The van der Waals surface area contributed by atoms with Crippen molar-refractivity contribution in [2.75, 3.05) is 20.1 Å². The molecule has 2 rings (SSSR count). The smallest absolute Gasteiger partial charge is 0.227 e. The molecule has 0 aliphatic carbocycles. The van der Waals surface area contributed by atoms with E-state index in [0.717, 1.165) is 31.0 Å². The predicted molar refractivity (Wildman–Crippen MR) is 58.7 cm³/mol. The van der Waals surface area contributed by atoms with Crippen molar-refractivity contribution in [1.82, 2.24) is 15.4 Å². The highest BCUT2D eigenvalue weighted by Crippen LogP contribution is 2.13. The van der Waals surface area contributed by atoms with Gasteiger partial charge in [-0.15, -0.1) is 0 Å². The third-order valence-electron chi connectivity index (χ3n) is 2.86. The van der Waals surface area contributed by atoms with Crippen molar-refractivity contribution in [2.45, 2.75) is 19.9 Å². The summed E-state index contributed by atoms with van der Waals surface area (Å²) in [6.07, 6.45) is 0.932. The number of nitrogens with one attached hydrogen (secondary N) is 1. The van der Waals surface area contributed by atoms with Crippen molar-refractivity contribution in [3.8, 4) is 0 Å². The van der Waals surface area contributed by atoms with Crippen LogP contribution in [0.15, 0.2) is 10.6 Å². The summed E-state index contributed by atoms with van der Waals surface area (Å²) < 4.78 is 4.97. The minimum Gasteiger partial charge on any atom is -0.361 e. The summed E-state index contributed by atoms with van der Waals surface area (Å²) in [5.74, 6) is 1.09. The largest absolute Gasteiger partial charge is 0.361 e. The molecule has 0 saturated carbocycles. The van der Waals surface area contributed by atoms with Gasteiger partial charge in [0.1, 0.15) is 11.5 Å². The van der Waals surface area contributed by atoms with Crippen molar-refractivity contribution < 1.29 is 9.32 Å². The molecule has 16 heavy (non-hydrogen) atoms. The second kappa shape index (κ2) is 4.65. The maximum Gasteiger partial charge on any atom is 0.227 e. The molecule has 5 heteroatoms. The zero-order valence-corrected chi connectivity index (χ0v) is 9.69. The van der Waals surface area contributed by atoms with Crippen LogP contribution < -0.4 is 5.32 Å². The fourth-order valence-electron chi connectivity index (χ4n) is 1.99. The SMILES string of the molecule is Cc1cc(CN(C)C(=O)C2CCNC2)no1. The summed E-state index contributed by atoms with van der Waals surface area (Å²) in [4.78, 5) is 13.7. The zero-order valence-electron chi connectivity index (χ0n) is 9.69. The van der Waals surface area contributed by atoms with E-state index < -0.39 is 0 Å². The van der Waals surface area contributed by atoms with Gasteiger partial charge in [-0.3, -0.25) is 4.79 Å². The van der Waals surface area contributed by atoms with Crippen LogP contribution in [0.1, 0.15) is 17.9 Å². The lowest BCUT2D eigenvalue weighted by atomic mass is 10.1. The highest BCUT2D eigenvalue weighted by molar-refractivity contribution is 5.79. The molecule has 0 bridgehead atoms. The van der Waals surface area contributed by atoms with Crippen LogP contribution >= 0.6 is 0 Å². The molecule has 1 saturated heterocycles. The van der Waals surface area contributed by atoms with Gasteiger partial charge in [0.25, 0.3) is 0 Å². The molecule has 1 aliphatic heterocycles. The average molecular weight is 223 g/mol. The Morgan fingerprint density at radius 2 is 2.56 bits per heavy atom. The highest BCUT2D eigenvalue weighted by Gasteiger charge is 2.25. The van der Waals surface area contributed by atoms with Gasteiger partial charge in [-0.05, 0) is 19.9 Å². The summed E-state index contributed by atoms with van der Waals surface area (Å²) in [5.41, 5.74) is 0.805. The summed E-state index contributed by atoms with van der Waals surface area (Å²) in [6.45, 7) is 4.10. The normalized spacial score (nSPS) is 20.0. The van der Waals surface area contributed by atoms with Crippen LogP contribution in [-0.2, 0) is 11.3 Å². The van der Waals surface area contributed by atoms with Crippen LogP contribution in [0.5, 0.6) is 0 Å². The molecule has 0 radical (unpaired) electrons. The molecular weight excluding hydrogens is 206 g/mol. The fourth-order valence-corrected chi connectivity index (χ4v) is 1.99. The summed E-state index contributed by atoms with van der Waals surface area (Å²) in [7, 11) is 1.81. The van der Waals surface area contributed by atoms with E-state index in [1.54, 1.807) is 4.90 Å². The van der Waals surface area contributed by atoms with Gasteiger partial charge in [0.15, 0.2) is 0 Å². The zero-order chi connectivity index (χ0) is 11.5. The second-order valence-electron chi connectivity index (χ2n) is 4.31. The Labute approximate surface area is 94.8 Å². The number of hydrogen-bond donors (Lipinski definition) is 1. The van der Waals surface area contributed by atoms with E-state index in [0.29, 0.717) is 6.54 Å². The third-order valence-corrected chi connectivity index (χ3v) is 2.86. The Balaban J connectivity index is 1.91. The first kappa shape index (κ1) is 11.1. The molecule has 0 aromatic carbocycles. The fraction of sp³-hybridized carbons (Fsp3) is 0.636. The van der Waals surface area contributed by atoms with Crippen LogP contribution in [-0.4, -0.2) is 36.1 Å². The van der Waals surface area contributed by atoms with Gasteiger partial charge in [-0.2, -0.15) is 0 Å². The molecule has 1 aromatic rings. The molecule has 1 amide bonds. The molecule has 88 valence electrons. The van der Waals surface area contributed by atoms with Crippen LogP contribution in [0.25, 0.3) is 0 Å². The van der Waals surface area contributed by atoms with E-state index in [4.69, 9.17) is 4.52 Å². The average Bonchev–Trinajstić information content (AvgIpc) is 2.88. The number of nitrogens with zero attached hydrogens (tertiary/aromatic N) is 2. The van der Waals surface area contributed by atoms with Crippen molar-refractivity contribution in [3.05, 3.63) is 17.5 Å². The van der Waals surface area contributed by atoms with Gasteiger partial charge in [-0.1, -0.05) is 5.16 Å². The van der Waals surface area contributed by atoms with Crippen molar-refractivity contribution in [3.63, 3.8) is 0 Å². The lowest BCUT2D eigenvalue weighted by Crippen LogP contribution is -2.33. The molecule has 1 unspecified atom stereocenters. The van der Waals surface area contributed by atoms with Crippen LogP contribution in [0.2, 0.25) is 0 Å². The Hall–Kier alpha value is -1.36. The lowest BCUT2D eigenvalue weighted by Gasteiger charge is -2.19. The number of aromatic nitrogens is 1. The standard InChI is InChI=1S/C11H17N3O2/c1-8-5-10(13-16-8)7-14(2)11(15)9-3-4-12-6-9/h5,9,12H,3-4,6-7H2,1-2H3. The molecule has 1 aromatic heterocycles. The van der Waals surface area contributed by atoms with Crippen LogP contribution in [0, 0.1) is 12.8 Å². The summed E-state index contributed by atoms with van der Waals surface area (Å²) in [6, 6.07) is 1.86. The maximum absolute atomic E-state index is 12.0. The molecular formula is C11H17N3O2. The Morgan fingerprint density at radius 1 is 1.75 bits per heavy atom. The van der Waals surface area contributed by atoms with E-state index in [2.05, 4.69) is 10.5 Å². The first-order chi connectivity index (χ1) is 7.66. The first-order valence-corrected chi connectivity index (χ1v) is 5.54. The Morgan fingerprint density at radius 3 is 3.12 bits per heavy atom. The molecule has 1 aliphatic rings. The van der Waals surface area contributed by atoms with E-state index in [1.165, 1.54) is 0 Å². The van der Waals surface area contributed by atoms with Gasteiger partial charge in [-0.25, -0.2) is 0 Å². The number of carbonyl (C=O) groups excluding carboxylic acids is 1. The van der Waals surface area contributed by atoms with E-state index in [9.17, 15) is 4.79 Å². The quantitative estimate of drug-likeness (QED) is 0.813. The van der Waals surface area contributed by atoms with Gasteiger partial charge in [0.05, 0.1) is 12.5 Å². The number of rotatable bonds is 3. The first-order valence-electron chi connectivity index (χ1n) is 5.54. The molecule has 1 N–H and O–H groups in total. The molecule has 1 atom stereocenters. The Kier molecular flexibility index (Phi) is 3.24. The number of carbonyl (C=O) groups is 1. The van der Waals surface area contributed by atoms with Crippen LogP contribution in [0.4, 0.5) is 0 Å². The van der Waals surface area contributed by atoms with Gasteiger partial charge in [0.2, 0.25) is 5.91 Å². The molecule has 0 spiro atoms. The Bertz CT molecular complexity index is 369. The second-order valence-corrected chi connectivity index (χ2v) is 4.31. The number of amides is 1. The topological polar surface area (TPSA) is 58.4 Å². The lowest BCUT2D eigenvalue weighted by molar-refractivity contribution is -0.134. The van der Waals surface area contributed by atoms with Crippen molar-refractivity contribution in [2.24, 2.45) is 5.92 Å². The number of aryl methyl sites for hydroxylation is 1. The summed E-state index contributed by atoms with van der Waals surface area (Å²) in [5, 5.41) is 7.07. The van der Waals surface area contributed by atoms with Gasteiger partial charge >= 0.3 is 0 Å². The molecule has 5 nitrogen and oxygen atoms in total. The number of hydrogen-bond acceptors (Lipinski definition) is 4. The predicted octanol–water partition coefficient (Wildman–Crippen LogP) is 0.551.